The molecule has 0 aromatic rings. The average molecular weight is 197 g/mol. The summed E-state index contributed by atoms with van der Waals surface area (Å²) in [6.45, 7) is 8.43. The van der Waals surface area contributed by atoms with Gasteiger partial charge in [0.25, 0.3) is 0 Å². The summed E-state index contributed by atoms with van der Waals surface area (Å²) in [4.78, 5) is 2.33. The van der Waals surface area contributed by atoms with E-state index in [2.05, 4.69) is 40.8 Å². The van der Waals surface area contributed by atoms with Crippen molar-refractivity contribution in [3.63, 3.8) is 0 Å². The van der Waals surface area contributed by atoms with Gasteiger partial charge in [-0.25, -0.2) is 0 Å². The Morgan fingerprint density at radius 1 is 1.62 bits per heavy atom. The van der Waals surface area contributed by atoms with Crippen LogP contribution < -0.4 is 0 Å². The fraction of sp³-hybridized carbons (Fsp3) is 0.636. The maximum absolute atomic E-state index is 4.05. The second kappa shape index (κ2) is 4.81. The monoisotopic (exact) mass is 197 g/mol. The molecule has 0 saturated carbocycles. The van der Waals surface area contributed by atoms with Crippen LogP contribution >= 0.6 is 9.24 Å². The molecule has 1 aliphatic rings. The van der Waals surface area contributed by atoms with Crippen molar-refractivity contribution in [1.82, 2.24) is 4.90 Å². The summed E-state index contributed by atoms with van der Waals surface area (Å²) in [7, 11) is 2.79. The molecule has 0 bridgehead atoms. The summed E-state index contributed by atoms with van der Waals surface area (Å²) in [5.74, 6) is 0. The van der Waals surface area contributed by atoms with E-state index in [0.717, 1.165) is 0 Å². The van der Waals surface area contributed by atoms with Gasteiger partial charge in [0.05, 0.1) is 0 Å². The minimum Gasteiger partial charge on any atom is -0.345 e. The van der Waals surface area contributed by atoms with Crippen LogP contribution in [0.1, 0.15) is 33.1 Å². The molecule has 1 nitrogen and oxygen atoms in total. The Hall–Kier alpha value is -0.290. The Kier molecular flexibility index (Phi) is 3.99. The smallest absolute Gasteiger partial charge is 0.0380 e. The quantitative estimate of drug-likeness (QED) is 0.612. The van der Waals surface area contributed by atoms with E-state index in [0.29, 0.717) is 6.04 Å². The largest absolute Gasteiger partial charge is 0.345 e. The van der Waals surface area contributed by atoms with Crippen LogP contribution in [-0.4, -0.2) is 17.1 Å². The van der Waals surface area contributed by atoms with Crippen molar-refractivity contribution >= 4 is 9.24 Å². The van der Waals surface area contributed by atoms with Crippen molar-refractivity contribution in [1.29, 1.82) is 0 Å². The first kappa shape index (κ1) is 10.8. The molecule has 0 spiro atoms. The van der Waals surface area contributed by atoms with Crippen molar-refractivity contribution in [3.8, 4) is 0 Å². The first-order valence-electron chi connectivity index (χ1n) is 5.06. The Balaban J connectivity index is 2.45. The number of hydrogen-bond acceptors (Lipinski definition) is 1. The fourth-order valence-corrected chi connectivity index (χ4v) is 1.95. The molecule has 0 radical (unpaired) electrons. The van der Waals surface area contributed by atoms with E-state index in [4.69, 9.17) is 0 Å². The summed E-state index contributed by atoms with van der Waals surface area (Å²) in [6.07, 6.45) is 7.22. The van der Waals surface area contributed by atoms with Crippen LogP contribution in [0.4, 0.5) is 0 Å². The number of hydrogen-bond donors (Lipinski definition) is 0. The van der Waals surface area contributed by atoms with Gasteiger partial charge >= 0.3 is 0 Å². The molecule has 2 unspecified atom stereocenters. The zero-order valence-electron chi connectivity index (χ0n) is 8.71. The Labute approximate surface area is 84.1 Å². The molecule has 0 amide bonds. The zero-order valence-corrected chi connectivity index (χ0v) is 9.87. The predicted octanol–water partition coefficient (Wildman–Crippen LogP) is 3.15. The molecule has 0 N–H and O–H groups in total. The highest BCUT2D eigenvalue weighted by atomic mass is 31.0. The topological polar surface area (TPSA) is 3.24 Å². The zero-order chi connectivity index (χ0) is 9.84. The SMILES string of the molecule is C=C1C(C)=CN1C(CC)CCCP. The molecule has 0 aliphatic carbocycles. The van der Waals surface area contributed by atoms with E-state index in [1.54, 1.807) is 0 Å². The molecule has 13 heavy (non-hydrogen) atoms. The molecule has 0 aromatic heterocycles. The lowest BCUT2D eigenvalue weighted by atomic mass is 10.0. The van der Waals surface area contributed by atoms with Crippen LogP contribution in [0.15, 0.2) is 24.0 Å². The van der Waals surface area contributed by atoms with Gasteiger partial charge in [-0.1, -0.05) is 13.5 Å². The highest BCUT2D eigenvalue weighted by Crippen LogP contribution is 2.30. The van der Waals surface area contributed by atoms with Crippen LogP contribution in [0.25, 0.3) is 0 Å². The Morgan fingerprint density at radius 3 is 2.69 bits per heavy atom. The summed E-state index contributed by atoms with van der Waals surface area (Å²) >= 11 is 0. The molecule has 0 saturated heterocycles. The maximum Gasteiger partial charge on any atom is 0.0380 e. The summed E-state index contributed by atoms with van der Waals surface area (Å²) in [5, 5.41) is 0. The lowest BCUT2D eigenvalue weighted by Crippen LogP contribution is -2.35. The lowest BCUT2D eigenvalue weighted by molar-refractivity contribution is 0.289. The van der Waals surface area contributed by atoms with E-state index in [1.165, 1.54) is 36.7 Å². The lowest BCUT2D eigenvalue weighted by Gasteiger charge is -2.39. The van der Waals surface area contributed by atoms with Gasteiger partial charge in [0.1, 0.15) is 0 Å². The summed E-state index contributed by atoms with van der Waals surface area (Å²) in [6, 6.07) is 0.678. The normalized spacial score (nSPS) is 18.2. The van der Waals surface area contributed by atoms with Crippen molar-refractivity contribution in [2.75, 3.05) is 6.16 Å². The molecular weight excluding hydrogens is 177 g/mol. The number of nitrogens with zero attached hydrogens (tertiary/aromatic N) is 1. The van der Waals surface area contributed by atoms with Gasteiger partial charge in [-0.2, -0.15) is 0 Å². The highest BCUT2D eigenvalue weighted by Gasteiger charge is 2.23. The molecule has 0 fully saturated rings. The van der Waals surface area contributed by atoms with Crippen molar-refractivity contribution in [2.45, 2.75) is 39.2 Å². The van der Waals surface area contributed by atoms with Gasteiger partial charge < -0.3 is 4.90 Å². The molecule has 2 atom stereocenters. The minimum absolute atomic E-state index is 0.678. The van der Waals surface area contributed by atoms with E-state index >= 15 is 0 Å². The van der Waals surface area contributed by atoms with Gasteiger partial charge in [-0.05, 0) is 37.9 Å². The molecule has 1 heterocycles. The average Bonchev–Trinajstić information content (AvgIpc) is 2.17. The van der Waals surface area contributed by atoms with Gasteiger partial charge in [0.2, 0.25) is 0 Å². The van der Waals surface area contributed by atoms with E-state index < -0.39 is 0 Å². The summed E-state index contributed by atoms with van der Waals surface area (Å²) in [5.41, 5.74) is 2.56. The second-order valence-electron chi connectivity index (χ2n) is 3.66. The molecule has 2 heteroatoms. The minimum atomic E-state index is 0.678. The van der Waals surface area contributed by atoms with Gasteiger partial charge in [-0.3, -0.25) is 0 Å². The van der Waals surface area contributed by atoms with E-state index in [9.17, 15) is 0 Å². The summed E-state index contributed by atoms with van der Waals surface area (Å²) < 4.78 is 0. The van der Waals surface area contributed by atoms with Crippen LogP contribution in [0.2, 0.25) is 0 Å². The molecule has 1 aliphatic heterocycles. The number of allylic oxidation sites excluding steroid dienone is 1. The third kappa shape index (κ3) is 2.34. The third-order valence-electron chi connectivity index (χ3n) is 2.71. The van der Waals surface area contributed by atoms with Gasteiger partial charge in [0.15, 0.2) is 0 Å². The molecule has 74 valence electrons. The van der Waals surface area contributed by atoms with E-state index in [1.807, 2.05) is 0 Å². The Bertz CT molecular complexity index is 220. The molecular formula is C11H20NP. The number of rotatable bonds is 5. The molecule has 0 aromatic carbocycles. The maximum atomic E-state index is 4.05. The van der Waals surface area contributed by atoms with Crippen molar-refractivity contribution in [3.05, 3.63) is 24.0 Å². The predicted molar refractivity (Wildman–Crippen MR) is 62.6 cm³/mol. The van der Waals surface area contributed by atoms with Gasteiger partial charge in [0, 0.05) is 17.9 Å². The van der Waals surface area contributed by atoms with Crippen LogP contribution in [0.3, 0.4) is 0 Å². The molecule has 1 rings (SSSR count). The van der Waals surface area contributed by atoms with Crippen molar-refractivity contribution in [2.24, 2.45) is 0 Å². The standard InChI is InChI=1S/C11H20NP/c1-4-11(6-5-7-13)12-8-9(2)10(12)3/h8,11H,3-7,13H2,1-2H3. The second-order valence-corrected chi connectivity index (χ2v) is 4.24. The van der Waals surface area contributed by atoms with Crippen LogP contribution in [-0.2, 0) is 0 Å². The van der Waals surface area contributed by atoms with E-state index in [-0.39, 0.29) is 0 Å². The first-order chi connectivity index (χ1) is 6.20. The highest BCUT2D eigenvalue weighted by molar-refractivity contribution is 7.16. The Morgan fingerprint density at radius 2 is 2.31 bits per heavy atom. The fourth-order valence-electron chi connectivity index (χ4n) is 1.72. The van der Waals surface area contributed by atoms with Gasteiger partial charge in [-0.15, -0.1) is 9.24 Å². The van der Waals surface area contributed by atoms with Crippen LogP contribution in [0, 0.1) is 0 Å². The first-order valence-corrected chi connectivity index (χ1v) is 5.88. The third-order valence-corrected chi connectivity index (χ3v) is 3.11. The van der Waals surface area contributed by atoms with Crippen LogP contribution in [0.5, 0.6) is 0 Å². The van der Waals surface area contributed by atoms with Crippen molar-refractivity contribution < 1.29 is 0 Å².